The molecule has 1 aliphatic rings. The Morgan fingerprint density at radius 2 is 2.35 bits per heavy atom. The van der Waals surface area contributed by atoms with Crippen molar-refractivity contribution < 1.29 is 4.74 Å². The summed E-state index contributed by atoms with van der Waals surface area (Å²) in [5.74, 6) is 2.39. The van der Waals surface area contributed by atoms with Gasteiger partial charge < -0.3 is 15.4 Å². The van der Waals surface area contributed by atoms with Gasteiger partial charge in [-0.05, 0) is 31.4 Å². The molecule has 17 heavy (non-hydrogen) atoms. The zero-order valence-corrected chi connectivity index (χ0v) is 10.6. The van der Waals surface area contributed by atoms with Crippen LogP contribution < -0.4 is 15.4 Å². The van der Waals surface area contributed by atoms with Crippen LogP contribution in [-0.4, -0.2) is 30.7 Å². The predicted octanol–water partition coefficient (Wildman–Crippen LogP) is 1.65. The topological polar surface area (TPSA) is 51.4 Å². The molecule has 0 aliphatic carbocycles. The van der Waals surface area contributed by atoms with E-state index in [1.54, 1.807) is 0 Å². The highest BCUT2D eigenvalue weighted by molar-refractivity contribution is 5.52. The summed E-state index contributed by atoms with van der Waals surface area (Å²) in [4.78, 5) is 6.68. The molecule has 2 atom stereocenters. The van der Waals surface area contributed by atoms with Gasteiger partial charge in [-0.2, -0.15) is 0 Å². The Labute approximate surface area is 103 Å². The van der Waals surface area contributed by atoms with Crippen molar-refractivity contribution in [2.24, 2.45) is 11.7 Å². The third-order valence-corrected chi connectivity index (χ3v) is 3.04. The van der Waals surface area contributed by atoms with E-state index in [4.69, 9.17) is 10.5 Å². The quantitative estimate of drug-likeness (QED) is 0.865. The van der Waals surface area contributed by atoms with Gasteiger partial charge >= 0.3 is 0 Å². The Hall–Kier alpha value is -1.29. The lowest BCUT2D eigenvalue weighted by molar-refractivity contribution is 0.334. The molecule has 2 N–H and O–H groups in total. The lowest BCUT2D eigenvalue weighted by Gasteiger charge is -2.36. The molecular formula is C13H21N3O. The molecule has 1 aliphatic heterocycles. The van der Waals surface area contributed by atoms with Crippen molar-refractivity contribution in [1.29, 1.82) is 0 Å². The summed E-state index contributed by atoms with van der Waals surface area (Å²) in [5.41, 5.74) is 6.07. The second kappa shape index (κ2) is 5.36. The van der Waals surface area contributed by atoms with E-state index >= 15 is 0 Å². The molecule has 0 amide bonds. The monoisotopic (exact) mass is 235 g/mol. The number of anilines is 1. The van der Waals surface area contributed by atoms with E-state index in [2.05, 4.69) is 16.8 Å². The smallest absolute Gasteiger partial charge is 0.171 e. The Morgan fingerprint density at radius 1 is 1.53 bits per heavy atom. The summed E-state index contributed by atoms with van der Waals surface area (Å²) < 4.78 is 5.62. The maximum atomic E-state index is 6.07. The average molecular weight is 235 g/mol. The zero-order valence-electron chi connectivity index (χ0n) is 10.6. The van der Waals surface area contributed by atoms with Crippen molar-refractivity contribution in [2.75, 3.05) is 24.6 Å². The number of piperidine rings is 1. The van der Waals surface area contributed by atoms with Crippen molar-refractivity contribution in [3.05, 3.63) is 18.3 Å². The van der Waals surface area contributed by atoms with Crippen molar-refractivity contribution >= 4 is 5.82 Å². The molecule has 1 aromatic rings. The lowest BCUT2D eigenvalue weighted by atomic mass is 9.96. The molecular weight excluding hydrogens is 214 g/mol. The van der Waals surface area contributed by atoms with Gasteiger partial charge in [0.05, 0.1) is 6.61 Å². The summed E-state index contributed by atoms with van der Waals surface area (Å²) in [7, 11) is 0. The van der Waals surface area contributed by atoms with Crippen LogP contribution >= 0.6 is 0 Å². The summed E-state index contributed by atoms with van der Waals surface area (Å²) in [6.07, 6.45) is 2.90. The molecule has 1 fully saturated rings. The van der Waals surface area contributed by atoms with Gasteiger partial charge in [0, 0.05) is 25.3 Å². The lowest BCUT2D eigenvalue weighted by Crippen LogP contribution is -2.46. The number of rotatable bonds is 3. The number of aromatic nitrogens is 1. The molecule has 0 spiro atoms. The summed E-state index contributed by atoms with van der Waals surface area (Å²) >= 11 is 0. The van der Waals surface area contributed by atoms with Gasteiger partial charge in [-0.25, -0.2) is 4.98 Å². The van der Waals surface area contributed by atoms with Crippen LogP contribution in [0.25, 0.3) is 0 Å². The van der Waals surface area contributed by atoms with E-state index in [-0.39, 0.29) is 6.04 Å². The van der Waals surface area contributed by atoms with Crippen LogP contribution in [0.3, 0.4) is 0 Å². The van der Waals surface area contributed by atoms with Crippen LogP contribution in [0.2, 0.25) is 0 Å². The van der Waals surface area contributed by atoms with E-state index < -0.39 is 0 Å². The van der Waals surface area contributed by atoms with E-state index in [1.165, 1.54) is 0 Å². The third kappa shape index (κ3) is 2.88. The number of hydrogen-bond acceptors (Lipinski definition) is 4. The molecule has 2 heterocycles. The Kier molecular flexibility index (Phi) is 3.84. The Balaban J connectivity index is 2.20. The molecule has 2 unspecified atom stereocenters. The van der Waals surface area contributed by atoms with Crippen molar-refractivity contribution in [3.8, 4) is 5.75 Å². The summed E-state index contributed by atoms with van der Waals surface area (Å²) in [5, 5.41) is 0. The second-order valence-electron chi connectivity index (χ2n) is 4.76. The normalized spacial score (nSPS) is 24.8. The summed E-state index contributed by atoms with van der Waals surface area (Å²) in [6, 6.07) is 4.11. The van der Waals surface area contributed by atoms with Gasteiger partial charge in [0.25, 0.3) is 0 Å². The minimum atomic E-state index is 0.232. The Bertz CT molecular complexity index is 359. The van der Waals surface area contributed by atoms with Crippen molar-refractivity contribution in [1.82, 2.24) is 4.98 Å². The number of pyridine rings is 1. The highest BCUT2D eigenvalue weighted by atomic mass is 16.5. The molecule has 0 saturated carbocycles. The fourth-order valence-electron chi connectivity index (χ4n) is 2.46. The summed E-state index contributed by atoms with van der Waals surface area (Å²) in [6.45, 7) is 6.75. The standard InChI is InChI=1S/C13H21N3O/c1-3-17-12-5-4-6-15-13(12)16-8-10(2)7-11(14)9-16/h4-6,10-11H,3,7-9,14H2,1-2H3. The molecule has 94 valence electrons. The van der Waals surface area contributed by atoms with Crippen LogP contribution in [0.1, 0.15) is 20.3 Å². The van der Waals surface area contributed by atoms with E-state index in [0.29, 0.717) is 12.5 Å². The molecule has 1 saturated heterocycles. The largest absolute Gasteiger partial charge is 0.490 e. The van der Waals surface area contributed by atoms with Crippen LogP contribution in [0.4, 0.5) is 5.82 Å². The highest BCUT2D eigenvalue weighted by Crippen LogP contribution is 2.28. The zero-order chi connectivity index (χ0) is 12.3. The van der Waals surface area contributed by atoms with Crippen molar-refractivity contribution in [2.45, 2.75) is 26.3 Å². The van der Waals surface area contributed by atoms with E-state index in [9.17, 15) is 0 Å². The van der Waals surface area contributed by atoms with Gasteiger partial charge in [-0.1, -0.05) is 6.92 Å². The molecule has 4 nitrogen and oxygen atoms in total. The first-order chi connectivity index (χ1) is 8.20. The molecule has 0 radical (unpaired) electrons. The predicted molar refractivity (Wildman–Crippen MR) is 69.4 cm³/mol. The average Bonchev–Trinajstić information content (AvgIpc) is 2.29. The Morgan fingerprint density at radius 3 is 3.06 bits per heavy atom. The second-order valence-corrected chi connectivity index (χ2v) is 4.76. The van der Waals surface area contributed by atoms with E-state index in [1.807, 2.05) is 25.3 Å². The van der Waals surface area contributed by atoms with Crippen LogP contribution in [0, 0.1) is 5.92 Å². The van der Waals surface area contributed by atoms with Crippen LogP contribution in [0.15, 0.2) is 18.3 Å². The number of hydrogen-bond donors (Lipinski definition) is 1. The third-order valence-electron chi connectivity index (χ3n) is 3.04. The minimum Gasteiger partial charge on any atom is -0.490 e. The first kappa shape index (κ1) is 12.2. The number of nitrogens with zero attached hydrogens (tertiary/aromatic N) is 2. The van der Waals surface area contributed by atoms with Gasteiger partial charge in [0.2, 0.25) is 0 Å². The van der Waals surface area contributed by atoms with Gasteiger partial charge in [0.1, 0.15) is 0 Å². The fourth-order valence-corrected chi connectivity index (χ4v) is 2.46. The first-order valence-corrected chi connectivity index (χ1v) is 6.29. The molecule has 4 heteroatoms. The number of ether oxygens (including phenoxy) is 1. The maximum Gasteiger partial charge on any atom is 0.171 e. The maximum absolute atomic E-state index is 6.07. The SMILES string of the molecule is CCOc1cccnc1N1CC(C)CC(N)C1. The highest BCUT2D eigenvalue weighted by Gasteiger charge is 2.24. The van der Waals surface area contributed by atoms with Gasteiger partial charge in [-0.15, -0.1) is 0 Å². The van der Waals surface area contributed by atoms with Crippen LogP contribution in [-0.2, 0) is 0 Å². The first-order valence-electron chi connectivity index (χ1n) is 6.29. The molecule has 0 bridgehead atoms. The molecule has 2 rings (SSSR count). The van der Waals surface area contributed by atoms with E-state index in [0.717, 1.165) is 31.1 Å². The van der Waals surface area contributed by atoms with Gasteiger partial charge in [-0.3, -0.25) is 0 Å². The van der Waals surface area contributed by atoms with Crippen molar-refractivity contribution in [3.63, 3.8) is 0 Å². The molecule has 1 aromatic heterocycles. The fraction of sp³-hybridized carbons (Fsp3) is 0.615. The number of nitrogens with two attached hydrogens (primary N) is 1. The van der Waals surface area contributed by atoms with Crippen LogP contribution in [0.5, 0.6) is 5.75 Å². The minimum absolute atomic E-state index is 0.232. The van der Waals surface area contributed by atoms with Gasteiger partial charge in [0.15, 0.2) is 11.6 Å². The molecule has 0 aromatic carbocycles.